The second-order valence-corrected chi connectivity index (χ2v) is 8.28. The smallest absolute Gasteiger partial charge is 0.276 e. The third kappa shape index (κ3) is 4.43. The zero-order valence-corrected chi connectivity index (χ0v) is 17.7. The van der Waals surface area contributed by atoms with Crippen LogP contribution in [0.25, 0.3) is 11.1 Å². The molecular formula is C25H25FN2O3. The fourth-order valence-corrected chi connectivity index (χ4v) is 3.96. The first kappa shape index (κ1) is 21.0. The summed E-state index contributed by atoms with van der Waals surface area (Å²) in [6, 6.07) is 15.5. The number of hydrogen-bond acceptors (Lipinski definition) is 4. The van der Waals surface area contributed by atoms with E-state index in [1.807, 2.05) is 44.2 Å². The highest BCUT2D eigenvalue weighted by Crippen LogP contribution is 2.27. The van der Waals surface area contributed by atoms with Crippen LogP contribution in [0.2, 0.25) is 0 Å². The summed E-state index contributed by atoms with van der Waals surface area (Å²) in [5.41, 5.74) is 1.82. The zero-order valence-electron chi connectivity index (χ0n) is 17.7. The van der Waals surface area contributed by atoms with Crippen molar-refractivity contribution < 1.29 is 18.5 Å². The van der Waals surface area contributed by atoms with Crippen LogP contribution in [0.1, 0.15) is 59.2 Å². The topological polar surface area (TPSA) is 63.4 Å². The van der Waals surface area contributed by atoms with Crippen LogP contribution >= 0.6 is 0 Å². The molecule has 1 saturated heterocycles. The fraction of sp³-hybridized carbons (Fsp3) is 0.320. The molecule has 0 radical (unpaired) electrons. The van der Waals surface area contributed by atoms with Crippen LogP contribution < -0.4 is 0 Å². The Labute approximate surface area is 180 Å². The number of ketones is 1. The van der Waals surface area contributed by atoms with Crippen LogP contribution in [0, 0.1) is 11.7 Å². The maximum atomic E-state index is 14.7. The second-order valence-electron chi connectivity index (χ2n) is 8.28. The number of halogens is 1. The molecule has 0 saturated carbocycles. The third-order valence-electron chi connectivity index (χ3n) is 5.73. The summed E-state index contributed by atoms with van der Waals surface area (Å²) in [7, 11) is 0. The molecule has 1 fully saturated rings. The van der Waals surface area contributed by atoms with Gasteiger partial charge in [0.25, 0.3) is 5.91 Å². The predicted octanol–water partition coefficient (Wildman–Crippen LogP) is 5.34. The molecule has 2 heterocycles. The molecule has 0 bridgehead atoms. The van der Waals surface area contributed by atoms with Crippen molar-refractivity contribution in [3.05, 3.63) is 77.4 Å². The lowest BCUT2D eigenvalue weighted by Gasteiger charge is -2.31. The maximum Gasteiger partial charge on any atom is 0.276 e. The summed E-state index contributed by atoms with van der Waals surface area (Å²) in [6.45, 7) is 4.79. The third-order valence-corrected chi connectivity index (χ3v) is 5.73. The summed E-state index contributed by atoms with van der Waals surface area (Å²) in [5, 5.41) is 3.89. The summed E-state index contributed by atoms with van der Waals surface area (Å²) < 4.78 is 20.0. The van der Waals surface area contributed by atoms with Crippen LogP contribution in [0.4, 0.5) is 4.39 Å². The van der Waals surface area contributed by atoms with Gasteiger partial charge in [0, 0.05) is 42.1 Å². The minimum Gasteiger partial charge on any atom is -0.360 e. The first-order chi connectivity index (χ1) is 14.9. The number of benzene rings is 2. The summed E-state index contributed by atoms with van der Waals surface area (Å²) in [5.74, 6) is -0.376. The molecule has 0 spiro atoms. The van der Waals surface area contributed by atoms with Crippen LogP contribution in [0.3, 0.4) is 0 Å². The van der Waals surface area contributed by atoms with Crippen molar-refractivity contribution in [2.24, 2.45) is 5.92 Å². The number of aromatic nitrogens is 1. The van der Waals surface area contributed by atoms with Crippen molar-refractivity contribution >= 4 is 11.7 Å². The van der Waals surface area contributed by atoms with Gasteiger partial charge in [-0.05, 0) is 24.5 Å². The summed E-state index contributed by atoms with van der Waals surface area (Å²) >= 11 is 0. The van der Waals surface area contributed by atoms with Gasteiger partial charge in [-0.25, -0.2) is 4.39 Å². The number of rotatable bonds is 5. The number of carbonyl (C=O) groups is 2. The molecule has 0 aliphatic carbocycles. The van der Waals surface area contributed by atoms with Crippen molar-refractivity contribution in [1.82, 2.24) is 10.1 Å². The molecule has 0 N–H and O–H groups in total. The van der Waals surface area contributed by atoms with Gasteiger partial charge in [-0.15, -0.1) is 0 Å². The molecule has 5 nitrogen and oxygen atoms in total. The highest BCUT2D eigenvalue weighted by Gasteiger charge is 2.31. The van der Waals surface area contributed by atoms with E-state index >= 15 is 0 Å². The lowest BCUT2D eigenvalue weighted by Crippen LogP contribution is -2.42. The average Bonchev–Trinajstić information content (AvgIpc) is 3.29. The predicted molar refractivity (Wildman–Crippen MR) is 115 cm³/mol. The van der Waals surface area contributed by atoms with Gasteiger partial charge in [0.1, 0.15) is 11.6 Å². The normalized spacial score (nSPS) is 16.5. The van der Waals surface area contributed by atoms with Crippen molar-refractivity contribution in [3.63, 3.8) is 0 Å². The Bertz CT molecular complexity index is 1090. The Morgan fingerprint density at radius 1 is 1.13 bits per heavy atom. The van der Waals surface area contributed by atoms with Gasteiger partial charge < -0.3 is 9.42 Å². The zero-order chi connectivity index (χ0) is 22.0. The standard InChI is InChI=1S/C25H25FN2O3/c1-16(2)23-14-22(27-31-23)25(30)28-12-6-9-19(15-28)24(29)18-10-11-20(21(26)13-18)17-7-4-3-5-8-17/h3-5,7-8,10-11,13-14,16,19H,6,9,12,15H2,1-2H3/t19-/m0/s1. The van der Waals surface area contributed by atoms with Crippen LogP contribution in [0.5, 0.6) is 0 Å². The average molecular weight is 420 g/mol. The van der Waals surface area contributed by atoms with Gasteiger partial charge in [0.05, 0.1) is 0 Å². The number of carbonyl (C=O) groups excluding carboxylic acids is 2. The van der Waals surface area contributed by atoms with Crippen molar-refractivity contribution in [2.45, 2.75) is 32.6 Å². The molecule has 31 heavy (non-hydrogen) atoms. The number of amides is 1. The Hall–Kier alpha value is -3.28. The van der Waals surface area contributed by atoms with E-state index in [0.717, 1.165) is 5.56 Å². The Morgan fingerprint density at radius 3 is 2.58 bits per heavy atom. The largest absolute Gasteiger partial charge is 0.360 e. The number of piperidine rings is 1. The number of Topliss-reactive ketones (excluding diaryl/α,β-unsaturated/α-hetero) is 1. The molecule has 4 rings (SSSR count). The molecule has 1 amide bonds. The van der Waals surface area contributed by atoms with Gasteiger partial charge in [-0.2, -0.15) is 0 Å². The molecule has 1 aliphatic heterocycles. The lowest BCUT2D eigenvalue weighted by molar-refractivity contribution is 0.0628. The van der Waals surface area contributed by atoms with Crippen LogP contribution in [-0.4, -0.2) is 34.8 Å². The minimum absolute atomic E-state index is 0.137. The molecular weight excluding hydrogens is 395 g/mol. The lowest BCUT2D eigenvalue weighted by atomic mass is 9.89. The second kappa shape index (κ2) is 8.84. The minimum atomic E-state index is -0.426. The van der Waals surface area contributed by atoms with Crippen LogP contribution in [0.15, 0.2) is 59.1 Å². The van der Waals surface area contributed by atoms with Gasteiger partial charge in [-0.1, -0.05) is 61.5 Å². The fourth-order valence-electron chi connectivity index (χ4n) is 3.96. The van der Waals surface area contributed by atoms with E-state index in [0.29, 0.717) is 42.8 Å². The van der Waals surface area contributed by atoms with E-state index in [9.17, 15) is 14.0 Å². The van der Waals surface area contributed by atoms with Gasteiger partial charge in [-0.3, -0.25) is 9.59 Å². The summed E-state index contributed by atoms with van der Waals surface area (Å²) in [6.07, 6.45) is 1.38. The molecule has 2 aromatic carbocycles. The highest BCUT2D eigenvalue weighted by atomic mass is 19.1. The summed E-state index contributed by atoms with van der Waals surface area (Å²) in [4.78, 5) is 27.5. The first-order valence-electron chi connectivity index (χ1n) is 10.6. The number of likely N-dealkylation sites (tertiary alicyclic amines) is 1. The van der Waals surface area contributed by atoms with E-state index in [1.165, 1.54) is 6.07 Å². The Morgan fingerprint density at radius 2 is 1.90 bits per heavy atom. The molecule has 0 unspecified atom stereocenters. The van der Waals surface area contributed by atoms with Crippen molar-refractivity contribution in [1.29, 1.82) is 0 Å². The van der Waals surface area contributed by atoms with Crippen molar-refractivity contribution in [2.75, 3.05) is 13.1 Å². The molecule has 6 heteroatoms. The Balaban J connectivity index is 1.48. The van der Waals surface area contributed by atoms with Crippen molar-refractivity contribution in [3.8, 4) is 11.1 Å². The van der Waals surface area contributed by atoms with Gasteiger partial charge in [0.15, 0.2) is 11.5 Å². The SMILES string of the molecule is CC(C)c1cc(C(=O)N2CCC[C@H](C(=O)c3ccc(-c4ccccc4)c(F)c3)C2)no1. The van der Waals surface area contributed by atoms with E-state index in [-0.39, 0.29) is 29.2 Å². The quantitative estimate of drug-likeness (QED) is 0.523. The number of hydrogen-bond donors (Lipinski definition) is 0. The van der Waals surface area contributed by atoms with E-state index in [4.69, 9.17) is 4.52 Å². The van der Waals surface area contributed by atoms with E-state index < -0.39 is 5.82 Å². The van der Waals surface area contributed by atoms with E-state index in [2.05, 4.69) is 5.16 Å². The molecule has 160 valence electrons. The molecule has 1 aliphatic rings. The first-order valence-corrected chi connectivity index (χ1v) is 10.6. The molecule has 1 atom stereocenters. The molecule has 3 aromatic rings. The number of nitrogens with zero attached hydrogens (tertiary/aromatic N) is 2. The van der Waals surface area contributed by atoms with E-state index in [1.54, 1.807) is 23.1 Å². The van der Waals surface area contributed by atoms with Gasteiger partial charge >= 0.3 is 0 Å². The monoisotopic (exact) mass is 420 g/mol. The highest BCUT2D eigenvalue weighted by molar-refractivity contribution is 5.99. The Kier molecular flexibility index (Phi) is 5.98. The van der Waals surface area contributed by atoms with Gasteiger partial charge in [0.2, 0.25) is 0 Å². The molecule has 1 aromatic heterocycles. The maximum absolute atomic E-state index is 14.7. The van der Waals surface area contributed by atoms with Crippen LogP contribution in [-0.2, 0) is 0 Å².